The van der Waals surface area contributed by atoms with Crippen LogP contribution in [0.2, 0.25) is 0 Å². The molecule has 0 aliphatic heterocycles. The lowest BCUT2D eigenvalue weighted by atomic mass is 9.55. The third kappa shape index (κ3) is 2.41. The van der Waals surface area contributed by atoms with E-state index in [0.29, 0.717) is 24.1 Å². The standard InChI is InChI=1S/C14H23N3O2/c1-2-18-12-8-11(14(12)6-4-3-5-7-14)15-9-13-16-10-19-17-13/h10-12,15H,2-9H2,1H3. The minimum atomic E-state index is 0.359. The van der Waals surface area contributed by atoms with Crippen molar-refractivity contribution >= 4 is 0 Å². The summed E-state index contributed by atoms with van der Waals surface area (Å²) in [5.41, 5.74) is 0.359. The van der Waals surface area contributed by atoms with Gasteiger partial charge in [-0.05, 0) is 26.2 Å². The van der Waals surface area contributed by atoms with Crippen molar-refractivity contribution in [2.45, 2.75) is 64.1 Å². The third-order valence-electron chi connectivity index (χ3n) is 4.85. The van der Waals surface area contributed by atoms with Crippen molar-refractivity contribution in [2.75, 3.05) is 6.61 Å². The summed E-state index contributed by atoms with van der Waals surface area (Å²) >= 11 is 0. The molecule has 1 aromatic heterocycles. The predicted molar refractivity (Wildman–Crippen MR) is 70.5 cm³/mol. The smallest absolute Gasteiger partial charge is 0.213 e. The molecule has 2 aliphatic carbocycles. The normalized spacial score (nSPS) is 29.3. The van der Waals surface area contributed by atoms with Gasteiger partial charge in [-0.1, -0.05) is 24.4 Å². The van der Waals surface area contributed by atoms with Crippen LogP contribution in [0, 0.1) is 5.41 Å². The Morgan fingerprint density at radius 1 is 1.42 bits per heavy atom. The fourth-order valence-electron chi connectivity index (χ4n) is 3.83. The van der Waals surface area contributed by atoms with Gasteiger partial charge in [-0.15, -0.1) is 0 Å². The maximum Gasteiger partial charge on any atom is 0.213 e. The van der Waals surface area contributed by atoms with Gasteiger partial charge in [0.1, 0.15) is 0 Å². The van der Waals surface area contributed by atoms with Gasteiger partial charge in [0.05, 0.1) is 12.6 Å². The molecule has 1 heterocycles. The Morgan fingerprint density at radius 2 is 2.26 bits per heavy atom. The second-order valence-electron chi connectivity index (χ2n) is 5.75. The Morgan fingerprint density at radius 3 is 2.95 bits per heavy atom. The minimum Gasteiger partial charge on any atom is -0.378 e. The van der Waals surface area contributed by atoms with Crippen molar-refractivity contribution < 1.29 is 9.26 Å². The molecule has 2 atom stereocenters. The minimum absolute atomic E-state index is 0.359. The predicted octanol–water partition coefficient (Wildman–Crippen LogP) is 2.29. The van der Waals surface area contributed by atoms with E-state index in [4.69, 9.17) is 9.26 Å². The van der Waals surface area contributed by atoms with Crippen molar-refractivity contribution in [1.29, 1.82) is 0 Å². The largest absolute Gasteiger partial charge is 0.378 e. The van der Waals surface area contributed by atoms with Gasteiger partial charge in [-0.25, -0.2) is 0 Å². The lowest BCUT2D eigenvalue weighted by Crippen LogP contribution is -2.64. The highest BCUT2D eigenvalue weighted by atomic mass is 16.5. The van der Waals surface area contributed by atoms with Gasteiger partial charge < -0.3 is 14.6 Å². The summed E-state index contributed by atoms with van der Waals surface area (Å²) in [6.45, 7) is 3.61. The van der Waals surface area contributed by atoms with Crippen molar-refractivity contribution in [1.82, 2.24) is 15.5 Å². The van der Waals surface area contributed by atoms with E-state index in [1.807, 2.05) is 0 Å². The highest BCUT2D eigenvalue weighted by molar-refractivity contribution is 5.09. The Labute approximate surface area is 114 Å². The van der Waals surface area contributed by atoms with Crippen LogP contribution in [-0.4, -0.2) is 28.9 Å². The van der Waals surface area contributed by atoms with Gasteiger partial charge in [0.15, 0.2) is 5.82 Å². The highest BCUT2D eigenvalue weighted by Crippen LogP contribution is 2.53. The van der Waals surface area contributed by atoms with Gasteiger partial charge in [0.25, 0.3) is 0 Å². The molecule has 2 aliphatic rings. The Hall–Kier alpha value is -0.940. The van der Waals surface area contributed by atoms with Crippen molar-refractivity contribution in [3.63, 3.8) is 0 Å². The molecule has 0 amide bonds. The van der Waals surface area contributed by atoms with Crippen LogP contribution in [-0.2, 0) is 11.3 Å². The van der Waals surface area contributed by atoms with E-state index >= 15 is 0 Å². The maximum absolute atomic E-state index is 5.95. The second-order valence-corrected chi connectivity index (χ2v) is 5.75. The molecule has 2 saturated carbocycles. The van der Waals surface area contributed by atoms with Gasteiger partial charge in [0.2, 0.25) is 6.39 Å². The van der Waals surface area contributed by atoms with Crippen LogP contribution in [0.4, 0.5) is 0 Å². The molecule has 1 N–H and O–H groups in total. The van der Waals surface area contributed by atoms with Crippen LogP contribution in [0.15, 0.2) is 10.9 Å². The monoisotopic (exact) mass is 265 g/mol. The van der Waals surface area contributed by atoms with E-state index in [0.717, 1.165) is 18.9 Å². The Bertz CT molecular complexity index is 387. The van der Waals surface area contributed by atoms with Crippen molar-refractivity contribution in [3.8, 4) is 0 Å². The van der Waals surface area contributed by atoms with E-state index in [1.54, 1.807) is 0 Å². The van der Waals surface area contributed by atoms with Crippen molar-refractivity contribution in [3.05, 3.63) is 12.2 Å². The topological polar surface area (TPSA) is 60.2 Å². The number of rotatable bonds is 5. The van der Waals surface area contributed by atoms with E-state index in [9.17, 15) is 0 Å². The summed E-state index contributed by atoms with van der Waals surface area (Å²) in [5, 5.41) is 7.46. The molecule has 5 nitrogen and oxygen atoms in total. The molecule has 3 rings (SSSR count). The summed E-state index contributed by atoms with van der Waals surface area (Å²) in [5.74, 6) is 0.741. The average Bonchev–Trinajstić information content (AvgIpc) is 2.96. The molecule has 2 fully saturated rings. The van der Waals surface area contributed by atoms with Crippen LogP contribution < -0.4 is 5.32 Å². The van der Waals surface area contributed by atoms with Crippen LogP contribution in [0.25, 0.3) is 0 Å². The number of ether oxygens (including phenoxy) is 1. The molecule has 1 aromatic rings. The summed E-state index contributed by atoms with van der Waals surface area (Å²) in [4.78, 5) is 4.06. The average molecular weight is 265 g/mol. The summed E-state index contributed by atoms with van der Waals surface area (Å²) in [7, 11) is 0. The fourth-order valence-corrected chi connectivity index (χ4v) is 3.83. The molecular formula is C14H23N3O2. The quantitative estimate of drug-likeness (QED) is 0.885. The first kappa shape index (κ1) is 13.1. The lowest BCUT2D eigenvalue weighted by molar-refractivity contribution is -0.150. The fraction of sp³-hybridized carbons (Fsp3) is 0.857. The van der Waals surface area contributed by atoms with Gasteiger partial charge in [-0.2, -0.15) is 4.98 Å². The molecule has 19 heavy (non-hydrogen) atoms. The highest BCUT2D eigenvalue weighted by Gasteiger charge is 2.55. The van der Waals surface area contributed by atoms with E-state index < -0.39 is 0 Å². The first-order valence-corrected chi connectivity index (χ1v) is 7.45. The first-order chi connectivity index (χ1) is 9.35. The van der Waals surface area contributed by atoms with Crippen LogP contribution in [0.3, 0.4) is 0 Å². The van der Waals surface area contributed by atoms with E-state index in [-0.39, 0.29) is 0 Å². The van der Waals surface area contributed by atoms with Crippen LogP contribution >= 0.6 is 0 Å². The SMILES string of the molecule is CCOC1CC(NCc2ncon2)C12CCCCC2. The molecule has 0 bridgehead atoms. The van der Waals surface area contributed by atoms with Gasteiger partial charge >= 0.3 is 0 Å². The Balaban J connectivity index is 1.61. The number of hydrogen-bond acceptors (Lipinski definition) is 5. The van der Waals surface area contributed by atoms with E-state index in [1.165, 1.54) is 38.5 Å². The lowest BCUT2D eigenvalue weighted by Gasteiger charge is -2.58. The zero-order valence-corrected chi connectivity index (χ0v) is 11.6. The third-order valence-corrected chi connectivity index (χ3v) is 4.85. The molecule has 0 saturated heterocycles. The first-order valence-electron chi connectivity index (χ1n) is 7.45. The molecular weight excluding hydrogens is 242 g/mol. The van der Waals surface area contributed by atoms with Crippen LogP contribution in [0.5, 0.6) is 0 Å². The zero-order valence-electron chi connectivity index (χ0n) is 11.6. The molecule has 5 heteroatoms. The molecule has 2 unspecified atom stereocenters. The number of hydrogen-bond donors (Lipinski definition) is 1. The van der Waals surface area contributed by atoms with Crippen molar-refractivity contribution in [2.24, 2.45) is 5.41 Å². The summed E-state index contributed by atoms with van der Waals surface area (Å²) < 4.78 is 10.7. The molecule has 1 spiro atoms. The number of aromatic nitrogens is 2. The summed E-state index contributed by atoms with van der Waals surface area (Å²) in [6.07, 6.45) is 9.58. The van der Waals surface area contributed by atoms with E-state index in [2.05, 4.69) is 22.4 Å². The zero-order chi connectivity index (χ0) is 13.1. The Kier molecular flexibility index (Phi) is 3.84. The molecule has 0 radical (unpaired) electrons. The van der Waals surface area contributed by atoms with Gasteiger partial charge in [-0.3, -0.25) is 0 Å². The number of nitrogens with zero attached hydrogens (tertiary/aromatic N) is 2. The van der Waals surface area contributed by atoms with Gasteiger partial charge in [0, 0.05) is 18.1 Å². The number of nitrogens with one attached hydrogen (secondary N) is 1. The van der Waals surface area contributed by atoms with Crippen LogP contribution in [0.1, 0.15) is 51.3 Å². The summed E-state index contributed by atoms with van der Waals surface area (Å²) in [6, 6.07) is 0.544. The molecule has 106 valence electrons. The maximum atomic E-state index is 5.95. The second kappa shape index (κ2) is 5.59. The molecule has 0 aromatic carbocycles.